The molecule has 13 heavy (non-hydrogen) atoms. The van der Waals surface area contributed by atoms with Crippen LogP contribution in [0.15, 0.2) is 12.3 Å². The van der Waals surface area contributed by atoms with Gasteiger partial charge in [0.25, 0.3) is 0 Å². The molecule has 0 aliphatic carbocycles. The SMILES string of the molecule is CCCn1nccc1C(=O)COC. The van der Waals surface area contributed by atoms with E-state index in [0.29, 0.717) is 5.69 Å². The summed E-state index contributed by atoms with van der Waals surface area (Å²) in [6.45, 7) is 2.94. The monoisotopic (exact) mass is 182 g/mol. The van der Waals surface area contributed by atoms with Crippen LogP contribution in [0.5, 0.6) is 0 Å². The molecule has 1 aromatic heterocycles. The second-order valence-corrected chi connectivity index (χ2v) is 2.80. The van der Waals surface area contributed by atoms with E-state index in [0.717, 1.165) is 13.0 Å². The lowest BCUT2D eigenvalue weighted by Gasteiger charge is -2.03. The lowest BCUT2D eigenvalue weighted by Crippen LogP contribution is -2.14. The van der Waals surface area contributed by atoms with Gasteiger partial charge in [-0.1, -0.05) is 6.92 Å². The number of nitrogens with zero attached hydrogens (tertiary/aromatic N) is 2. The lowest BCUT2D eigenvalue weighted by molar-refractivity contribution is 0.0837. The largest absolute Gasteiger partial charge is 0.376 e. The Bertz CT molecular complexity index is 281. The van der Waals surface area contributed by atoms with Gasteiger partial charge in [-0.15, -0.1) is 0 Å². The molecule has 0 aliphatic heterocycles. The molecule has 0 unspecified atom stereocenters. The van der Waals surface area contributed by atoms with Crippen molar-refractivity contribution in [1.29, 1.82) is 0 Å². The molecule has 0 atom stereocenters. The maximum absolute atomic E-state index is 11.4. The summed E-state index contributed by atoms with van der Waals surface area (Å²) in [6.07, 6.45) is 2.60. The first-order chi connectivity index (χ1) is 6.29. The molecule has 4 nitrogen and oxygen atoms in total. The molecule has 0 saturated heterocycles. The Hall–Kier alpha value is -1.16. The van der Waals surface area contributed by atoms with Crippen LogP contribution in [0, 0.1) is 0 Å². The molecule has 1 aromatic rings. The van der Waals surface area contributed by atoms with Crippen LogP contribution in [0.3, 0.4) is 0 Å². The van der Waals surface area contributed by atoms with Crippen LogP contribution in [0.1, 0.15) is 23.8 Å². The third-order valence-corrected chi connectivity index (χ3v) is 1.71. The fourth-order valence-corrected chi connectivity index (χ4v) is 1.16. The Kier molecular flexibility index (Phi) is 3.64. The predicted octanol–water partition coefficient (Wildman–Crippen LogP) is 1.12. The highest BCUT2D eigenvalue weighted by atomic mass is 16.5. The van der Waals surface area contributed by atoms with Crippen molar-refractivity contribution in [2.75, 3.05) is 13.7 Å². The van der Waals surface area contributed by atoms with Crippen molar-refractivity contribution in [3.8, 4) is 0 Å². The smallest absolute Gasteiger partial charge is 0.206 e. The quantitative estimate of drug-likeness (QED) is 0.641. The van der Waals surface area contributed by atoms with Crippen LogP contribution >= 0.6 is 0 Å². The van der Waals surface area contributed by atoms with Crippen molar-refractivity contribution in [2.45, 2.75) is 19.9 Å². The van der Waals surface area contributed by atoms with Gasteiger partial charge in [0.05, 0.1) is 0 Å². The number of methoxy groups -OCH3 is 1. The van der Waals surface area contributed by atoms with E-state index in [2.05, 4.69) is 5.10 Å². The number of Topliss-reactive ketones (excluding diaryl/α,β-unsaturated/α-hetero) is 1. The number of hydrogen-bond donors (Lipinski definition) is 0. The molecule has 1 rings (SSSR count). The first-order valence-corrected chi connectivity index (χ1v) is 4.33. The zero-order valence-corrected chi connectivity index (χ0v) is 7.99. The van der Waals surface area contributed by atoms with Crippen LogP contribution in [0.25, 0.3) is 0 Å². The van der Waals surface area contributed by atoms with E-state index in [9.17, 15) is 4.79 Å². The number of aromatic nitrogens is 2. The summed E-state index contributed by atoms with van der Waals surface area (Å²) in [6, 6.07) is 1.72. The molecule has 0 amide bonds. The zero-order chi connectivity index (χ0) is 9.68. The molecule has 0 fully saturated rings. The highest BCUT2D eigenvalue weighted by molar-refractivity contribution is 5.95. The van der Waals surface area contributed by atoms with Crippen LogP contribution in [0.4, 0.5) is 0 Å². The van der Waals surface area contributed by atoms with E-state index in [1.165, 1.54) is 7.11 Å². The standard InChI is InChI=1S/C9H14N2O2/c1-3-6-11-8(4-5-10-11)9(12)7-13-2/h4-5H,3,6-7H2,1-2H3. The van der Waals surface area contributed by atoms with Crippen molar-refractivity contribution in [2.24, 2.45) is 0 Å². The van der Waals surface area contributed by atoms with Gasteiger partial charge in [-0.2, -0.15) is 5.10 Å². The summed E-state index contributed by atoms with van der Waals surface area (Å²) in [5.41, 5.74) is 0.628. The Morgan fingerprint density at radius 2 is 2.46 bits per heavy atom. The third-order valence-electron chi connectivity index (χ3n) is 1.71. The number of aryl methyl sites for hydroxylation is 1. The van der Waals surface area contributed by atoms with Gasteiger partial charge in [-0.3, -0.25) is 9.48 Å². The molecule has 0 aromatic carbocycles. The van der Waals surface area contributed by atoms with Crippen molar-refractivity contribution < 1.29 is 9.53 Å². The second kappa shape index (κ2) is 4.77. The summed E-state index contributed by atoms with van der Waals surface area (Å²) < 4.78 is 6.48. The van der Waals surface area contributed by atoms with Gasteiger partial charge in [-0.05, 0) is 12.5 Å². The minimum absolute atomic E-state index is 0.0200. The van der Waals surface area contributed by atoms with Gasteiger partial charge in [0.1, 0.15) is 12.3 Å². The number of ether oxygens (including phenoxy) is 1. The Morgan fingerprint density at radius 1 is 1.69 bits per heavy atom. The first kappa shape index (κ1) is 9.92. The molecular formula is C9H14N2O2. The van der Waals surface area contributed by atoms with Gasteiger partial charge >= 0.3 is 0 Å². The van der Waals surface area contributed by atoms with Gasteiger partial charge in [0.15, 0.2) is 0 Å². The Balaban J connectivity index is 2.74. The molecule has 0 spiro atoms. The number of carbonyl (C=O) groups is 1. The number of rotatable bonds is 5. The molecular weight excluding hydrogens is 168 g/mol. The molecule has 72 valence electrons. The second-order valence-electron chi connectivity index (χ2n) is 2.80. The lowest BCUT2D eigenvalue weighted by atomic mass is 10.3. The van der Waals surface area contributed by atoms with Crippen molar-refractivity contribution in [3.63, 3.8) is 0 Å². The molecule has 0 aliphatic rings. The Morgan fingerprint density at radius 3 is 3.08 bits per heavy atom. The van der Waals surface area contributed by atoms with Crippen molar-refractivity contribution >= 4 is 5.78 Å². The van der Waals surface area contributed by atoms with Gasteiger partial charge in [-0.25, -0.2) is 0 Å². The van der Waals surface area contributed by atoms with Crippen LogP contribution in [-0.4, -0.2) is 29.3 Å². The Labute approximate surface area is 77.5 Å². The highest BCUT2D eigenvalue weighted by Gasteiger charge is 2.10. The molecule has 0 bridgehead atoms. The molecule has 0 saturated carbocycles. The van der Waals surface area contributed by atoms with E-state index in [1.807, 2.05) is 6.92 Å². The van der Waals surface area contributed by atoms with Crippen LogP contribution in [-0.2, 0) is 11.3 Å². The fourth-order valence-electron chi connectivity index (χ4n) is 1.16. The number of hydrogen-bond acceptors (Lipinski definition) is 3. The van der Waals surface area contributed by atoms with Crippen molar-refractivity contribution in [1.82, 2.24) is 9.78 Å². The first-order valence-electron chi connectivity index (χ1n) is 4.33. The number of carbonyl (C=O) groups excluding carboxylic acids is 1. The third kappa shape index (κ3) is 2.39. The maximum Gasteiger partial charge on any atom is 0.206 e. The van der Waals surface area contributed by atoms with E-state index in [4.69, 9.17) is 4.74 Å². The summed E-state index contributed by atoms with van der Waals surface area (Å²) in [7, 11) is 1.51. The fraction of sp³-hybridized carbons (Fsp3) is 0.556. The average Bonchev–Trinajstić information content (AvgIpc) is 2.54. The van der Waals surface area contributed by atoms with Crippen molar-refractivity contribution in [3.05, 3.63) is 18.0 Å². The van der Waals surface area contributed by atoms with Crippen LogP contribution in [0.2, 0.25) is 0 Å². The molecule has 0 radical (unpaired) electrons. The summed E-state index contributed by atoms with van der Waals surface area (Å²) in [5.74, 6) is -0.0200. The highest BCUT2D eigenvalue weighted by Crippen LogP contribution is 2.01. The molecule has 1 heterocycles. The van der Waals surface area contributed by atoms with Gasteiger partial charge < -0.3 is 4.74 Å². The average molecular weight is 182 g/mol. The normalized spacial score (nSPS) is 10.3. The minimum Gasteiger partial charge on any atom is -0.376 e. The van der Waals surface area contributed by atoms with Gasteiger partial charge in [0, 0.05) is 19.9 Å². The molecule has 4 heteroatoms. The molecule has 0 N–H and O–H groups in total. The van der Waals surface area contributed by atoms with Gasteiger partial charge in [0.2, 0.25) is 5.78 Å². The summed E-state index contributed by atoms with van der Waals surface area (Å²) in [5, 5.41) is 4.05. The van der Waals surface area contributed by atoms with E-state index in [1.54, 1.807) is 16.9 Å². The summed E-state index contributed by atoms with van der Waals surface area (Å²) >= 11 is 0. The summed E-state index contributed by atoms with van der Waals surface area (Å²) in [4.78, 5) is 11.4. The van der Waals surface area contributed by atoms with E-state index < -0.39 is 0 Å². The minimum atomic E-state index is -0.0200. The predicted molar refractivity (Wildman–Crippen MR) is 48.7 cm³/mol. The number of ketones is 1. The zero-order valence-electron chi connectivity index (χ0n) is 7.99. The van der Waals surface area contributed by atoms with E-state index in [-0.39, 0.29) is 12.4 Å². The van der Waals surface area contributed by atoms with Crippen LogP contribution < -0.4 is 0 Å². The topological polar surface area (TPSA) is 44.1 Å². The van der Waals surface area contributed by atoms with E-state index >= 15 is 0 Å². The maximum atomic E-state index is 11.4.